The van der Waals surface area contributed by atoms with Crippen molar-refractivity contribution in [3.63, 3.8) is 0 Å². The number of hydrogen-bond acceptors (Lipinski definition) is 3. The van der Waals surface area contributed by atoms with Crippen molar-refractivity contribution in [2.75, 3.05) is 19.7 Å². The zero-order valence-electron chi connectivity index (χ0n) is 14.1. The fourth-order valence-corrected chi connectivity index (χ4v) is 3.18. The van der Waals surface area contributed by atoms with Crippen molar-refractivity contribution in [1.82, 2.24) is 5.32 Å². The van der Waals surface area contributed by atoms with Crippen molar-refractivity contribution in [3.8, 4) is 5.75 Å². The summed E-state index contributed by atoms with van der Waals surface area (Å²) in [6, 6.07) is 5.94. The highest BCUT2D eigenvalue weighted by atomic mass is 35.5. The number of nitrogens with two attached hydrogens (primary N) is 1. The Balaban J connectivity index is 0.00000288. The van der Waals surface area contributed by atoms with Crippen LogP contribution in [0, 0.1) is 11.2 Å². The van der Waals surface area contributed by atoms with Gasteiger partial charge in [0.25, 0.3) is 0 Å². The lowest BCUT2D eigenvalue weighted by Gasteiger charge is -2.35. The molecule has 1 amide bonds. The fraction of sp³-hybridized carbons (Fsp3) is 0.611. The Morgan fingerprint density at radius 2 is 1.88 bits per heavy atom. The summed E-state index contributed by atoms with van der Waals surface area (Å²) < 4.78 is 18.3. The molecular weight excluding hydrogens is 331 g/mol. The van der Waals surface area contributed by atoms with Crippen molar-refractivity contribution in [1.29, 1.82) is 0 Å². The van der Waals surface area contributed by atoms with Gasteiger partial charge in [0.05, 0.1) is 6.61 Å². The average molecular weight is 359 g/mol. The van der Waals surface area contributed by atoms with Gasteiger partial charge in [-0.05, 0) is 55.5 Å². The standard InChI is InChI=1S/C18H27FN2O2.ClH/c19-15-5-7-16(8-6-15)23-12-4-11-21-17(22)13-18(14-20)9-2-1-3-10-18;/h5-8H,1-4,9-14,20H2,(H,21,22);1H. The zero-order valence-corrected chi connectivity index (χ0v) is 14.9. The van der Waals surface area contributed by atoms with Crippen LogP contribution in [0.2, 0.25) is 0 Å². The number of nitrogens with one attached hydrogen (secondary N) is 1. The Morgan fingerprint density at radius 3 is 2.50 bits per heavy atom. The topological polar surface area (TPSA) is 64.4 Å². The third kappa shape index (κ3) is 6.65. The van der Waals surface area contributed by atoms with E-state index in [9.17, 15) is 9.18 Å². The van der Waals surface area contributed by atoms with Crippen LogP contribution in [0.3, 0.4) is 0 Å². The first-order chi connectivity index (χ1) is 11.1. The van der Waals surface area contributed by atoms with E-state index in [1.807, 2.05) is 0 Å². The molecule has 4 nitrogen and oxygen atoms in total. The molecule has 0 radical (unpaired) electrons. The first-order valence-corrected chi connectivity index (χ1v) is 8.49. The highest BCUT2D eigenvalue weighted by molar-refractivity contribution is 5.85. The highest BCUT2D eigenvalue weighted by Crippen LogP contribution is 2.38. The van der Waals surface area contributed by atoms with E-state index in [0.29, 0.717) is 31.9 Å². The van der Waals surface area contributed by atoms with Crippen molar-refractivity contribution in [2.24, 2.45) is 11.1 Å². The van der Waals surface area contributed by atoms with Crippen LogP contribution < -0.4 is 15.8 Å². The molecule has 136 valence electrons. The molecule has 0 heterocycles. The predicted octanol–water partition coefficient (Wildman–Crippen LogP) is 3.43. The third-order valence-corrected chi connectivity index (χ3v) is 4.61. The van der Waals surface area contributed by atoms with Gasteiger partial charge in [-0.25, -0.2) is 4.39 Å². The molecule has 0 bridgehead atoms. The number of hydrogen-bond donors (Lipinski definition) is 2. The molecule has 0 spiro atoms. The number of ether oxygens (including phenoxy) is 1. The summed E-state index contributed by atoms with van der Waals surface area (Å²) in [6.45, 7) is 1.67. The van der Waals surface area contributed by atoms with Gasteiger partial charge >= 0.3 is 0 Å². The molecule has 2 rings (SSSR count). The van der Waals surface area contributed by atoms with Crippen LogP contribution in [-0.4, -0.2) is 25.6 Å². The third-order valence-electron chi connectivity index (χ3n) is 4.61. The van der Waals surface area contributed by atoms with Crippen LogP contribution in [0.15, 0.2) is 24.3 Å². The predicted molar refractivity (Wildman–Crippen MR) is 96.0 cm³/mol. The number of halogens is 2. The normalized spacial score (nSPS) is 16.1. The molecule has 0 atom stereocenters. The molecule has 0 saturated heterocycles. The van der Waals surface area contributed by atoms with Gasteiger partial charge < -0.3 is 15.8 Å². The molecule has 3 N–H and O–H groups in total. The quantitative estimate of drug-likeness (QED) is 0.700. The molecule has 1 fully saturated rings. The Bertz CT molecular complexity index is 490. The maximum Gasteiger partial charge on any atom is 0.220 e. The van der Waals surface area contributed by atoms with Crippen LogP contribution in [0.4, 0.5) is 4.39 Å². The van der Waals surface area contributed by atoms with E-state index in [2.05, 4.69) is 5.32 Å². The van der Waals surface area contributed by atoms with Crippen LogP contribution in [0.25, 0.3) is 0 Å². The Labute approximate surface area is 149 Å². The summed E-state index contributed by atoms with van der Waals surface area (Å²) in [5.41, 5.74) is 5.92. The number of rotatable bonds is 8. The van der Waals surface area contributed by atoms with E-state index < -0.39 is 0 Å². The monoisotopic (exact) mass is 358 g/mol. The Hall–Kier alpha value is -1.33. The lowest BCUT2D eigenvalue weighted by molar-refractivity contribution is -0.123. The van der Waals surface area contributed by atoms with E-state index >= 15 is 0 Å². The fourth-order valence-electron chi connectivity index (χ4n) is 3.18. The van der Waals surface area contributed by atoms with Gasteiger partial charge in [-0.2, -0.15) is 0 Å². The summed E-state index contributed by atoms with van der Waals surface area (Å²) in [5.74, 6) is 0.447. The first kappa shape index (κ1) is 20.7. The molecule has 24 heavy (non-hydrogen) atoms. The van der Waals surface area contributed by atoms with Gasteiger partial charge in [-0.1, -0.05) is 19.3 Å². The molecule has 1 saturated carbocycles. The highest BCUT2D eigenvalue weighted by Gasteiger charge is 2.32. The molecule has 0 unspecified atom stereocenters. The second-order valence-corrected chi connectivity index (χ2v) is 6.45. The van der Waals surface area contributed by atoms with E-state index in [1.54, 1.807) is 12.1 Å². The Kier molecular flexibility index (Phi) is 9.08. The lowest BCUT2D eigenvalue weighted by Crippen LogP contribution is -2.39. The van der Waals surface area contributed by atoms with Gasteiger partial charge in [-0.3, -0.25) is 4.79 Å². The molecule has 1 aromatic rings. The lowest BCUT2D eigenvalue weighted by atomic mass is 9.71. The van der Waals surface area contributed by atoms with Crippen molar-refractivity contribution >= 4 is 18.3 Å². The van der Waals surface area contributed by atoms with Gasteiger partial charge in [0.15, 0.2) is 0 Å². The summed E-state index contributed by atoms with van der Waals surface area (Å²) >= 11 is 0. The first-order valence-electron chi connectivity index (χ1n) is 8.49. The van der Waals surface area contributed by atoms with Crippen molar-refractivity contribution in [3.05, 3.63) is 30.1 Å². The largest absolute Gasteiger partial charge is 0.494 e. The SMILES string of the molecule is Cl.NCC1(CC(=O)NCCCOc2ccc(F)cc2)CCCCC1. The van der Waals surface area contributed by atoms with E-state index in [0.717, 1.165) is 19.3 Å². The molecular formula is C18H28ClFN2O2. The van der Waals surface area contributed by atoms with Gasteiger partial charge in [-0.15, -0.1) is 12.4 Å². The molecule has 0 aromatic heterocycles. The minimum absolute atomic E-state index is 0. The minimum atomic E-state index is -0.277. The smallest absolute Gasteiger partial charge is 0.220 e. The van der Waals surface area contributed by atoms with Crippen LogP contribution in [0.5, 0.6) is 5.75 Å². The van der Waals surface area contributed by atoms with Gasteiger partial charge in [0, 0.05) is 13.0 Å². The van der Waals surface area contributed by atoms with E-state index in [-0.39, 0.29) is 29.5 Å². The van der Waals surface area contributed by atoms with E-state index in [4.69, 9.17) is 10.5 Å². The van der Waals surface area contributed by atoms with Gasteiger partial charge in [0.1, 0.15) is 11.6 Å². The van der Waals surface area contributed by atoms with Crippen LogP contribution in [0.1, 0.15) is 44.9 Å². The number of benzene rings is 1. The van der Waals surface area contributed by atoms with Crippen molar-refractivity contribution < 1.29 is 13.9 Å². The Morgan fingerprint density at radius 1 is 1.21 bits per heavy atom. The summed E-state index contributed by atoms with van der Waals surface area (Å²) in [4.78, 5) is 12.1. The maximum atomic E-state index is 12.8. The summed E-state index contributed by atoms with van der Waals surface area (Å²) in [6.07, 6.45) is 6.98. The van der Waals surface area contributed by atoms with Crippen LogP contribution in [-0.2, 0) is 4.79 Å². The molecule has 6 heteroatoms. The second-order valence-electron chi connectivity index (χ2n) is 6.45. The maximum absolute atomic E-state index is 12.8. The number of carbonyl (C=O) groups excluding carboxylic acids is 1. The molecule has 0 aliphatic heterocycles. The zero-order chi connectivity index (χ0) is 16.5. The average Bonchev–Trinajstić information content (AvgIpc) is 2.57. The summed E-state index contributed by atoms with van der Waals surface area (Å²) in [5, 5.41) is 2.95. The van der Waals surface area contributed by atoms with E-state index in [1.165, 1.54) is 31.4 Å². The second kappa shape index (κ2) is 10.5. The molecule has 1 aromatic carbocycles. The van der Waals surface area contributed by atoms with Gasteiger partial charge in [0.2, 0.25) is 5.91 Å². The molecule has 1 aliphatic rings. The van der Waals surface area contributed by atoms with Crippen LogP contribution >= 0.6 is 12.4 Å². The summed E-state index contributed by atoms with van der Waals surface area (Å²) in [7, 11) is 0. The molecule has 1 aliphatic carbocycles. The van der Waals surface area contributed by atoms with Crippen molar-refractivity contribution in [2.45, 2.75) is 44.9 Å². The minimum Gasteiger partial charge on any atom is -0.494 e. The number of carbonyl (C=O) groups is 1. The number of amides is 1.